The van der Waals surface area contributed by atoms with E-state index < -0.39 is 0 Å². The first-order chi connectivity index (χ1) is 14.6. The molecule has 2 aromatic heterocycles. The maximum Gasteiger partial charge on any atom is 0.409 e. The number of morpholine rings is 1. The predicted molar refractivity (Wildman–Crippen MR) is 108 cm³/mol. The summed E-state index contributed by atoms with van der Waals surface area (Å²) in [5.41, 5.74) is 7.00. The maximum absolute atomic E-state index is 11.7. The molecule has 0 spiro atoms. The molecule has 4 heterocycles. The molecule has 0 saturated carbocycles. The second-order valence-electron chi connectivity index (χ2n) is 7.10. The molecule has 0 aliphatic carbocycles. The van der Waals surface area contributed by atoms with E-state index in [4.69, 9.17) is 19.9 Å². The minimum Gasteiger partial charge on any atom is -0.474 e. The first-order valence-electron chi connectivity index (χ1n) is 9.91. The van der Waals surface area contributed by atoms with Gasteiger partial charge in [-0.1, -0.05) is 0 Å². The molecule has 2 aromatic rings. The highest BCUT2D eigenvalue weighted by Crippen LogP contribution is 2.26. The third-order valence-corrected chi connectivity index (χ3v) is 5.11. The van der Waals surface area contributed by atoms with Crippen LogP contribution in [0.2, 0.25) is 0 Å². The van der Waals surface area contributed by atoms with Crippen molar-refractivity contribution in [2.45, 2.75) is 18.9 Å². The molecule has 1 amide bonds. The Morgan fingerprint density at radius 1 is 1.13 bits per heavy atom. The Kier molecular flexibility index (Phi) is 6.07. The van der Waals surface area contributed by atoms with E-state index in [0.29, 0.717) is 69.8 Å². The van der Waals surface area contributed by atoms with Crippen LogP contribution in [-0.2, 0) is 9.47 Å². The number of carbonyl (C=O) groups excluding carboxylic acids is 1. The lowest BCUT2D eigenvalue weighted by molar-refractivity contribution is 0.0771. The number of aromatic nitrogens is 4. The summed E-state index contributed by atoms with van der Waals surface area (Å²) in [5, 5.41) is 0. The number of nitrogens with two attached hydrogens (primary N) is 1. The van der Waals surface area contributed by atoms with E-state index in [1.165, 1.54) is 7.11 Å². The molecule has 2 N–H and O–H groups in total. The molecule has 2 aliphatic heterocycles. The van der Waals surface area contributed by atoms with E-state index in [1.54, 1.807) is 23.4 Å². The van der Waals surface area contributed by atoms with Crippen molar-refractivity contribution in [1.82, 2.24) is 24.8 Å². The monoisotopic (exact) mass is 415 g/mol. The molecule has 2 fully saturated rings. The molecular weight excluding hydrogens is 390 g/mol. The van der Waals surface area contributed by atoms with Gasteiger partial charge in [0.2, 0.25) is 17.8 Å². The molecule has 0 bridgehead atoms. The van der Waals surface area contributed by atoms with Crippen molar-refractivity contribution < 1.29 is 19.0 Å². The van der Waals surface area contributed by atoms with E-state index in [9.17, 15) is 4.79 Å². The predicted octanol–water partition coefficient (Wildman–Crippen LogP) is 0.962. The van der Waals surface area contributed by atoms with E-state index in [2.05, 4.69) is 24.8 Å². The van der Waals surface area contributed by atoms with Gasteiger partial charge >= 0.3 is 6.09 Å². The maximum atomic E-state index is 11.7. The number of hydrogen-bond acceptors (Lipinski definition) is 10. The Labute approximate surface area is 174 Å². The minimum absolute atomic E-state index is 0.0473. The van der Waals surface area contributed by atoms with Crippen molar-refractivity contribution in [3.63, 3.8) is 0 Å². The molecule has 0 aromatic carbocycles. The number of likely N-dealkylation sites (tertiary alicyclic amines) is 1. The third-order valence-electron chi connectivity index (χ3n) is 5.11. The number of rotatable bonds is 4. The number of anilines is 2. The van der Waals surface area contributed by atoms with E-state index in [0.717, 1.165) is 5.56 Å². The molecule has 160 valence electrons. The highest BCUT2D eigenvalue weighted by molar-refractivity contribution is 5.67. The van der Waals surface area contributed by atoms with Crippen LogP contribution in [0.15, 0.2) is 18.5 Å². The molecule has 30 heavy (non-hydrogen) atoms. The van der Waals surface area contributed by atoms with Gasteiger partial charge in [0.15, 0.2) is 0 Å². The number of piperidine rings is 1. The SMILES string of the molecule is COC(=O)N1CCC(Oc2cc(-c3cnc(N)nc3)nc(N3CCOCC3)n2)CC1. The average Bonchev–Trinajstić information content (AvgIpc) is 2.80. The Bertz CT molecular complexity index is 866. The lowest BCUT2D eigenvalue weighted by Gasteiger charge is -2.31. The van der Waals surface area contributed by atoms with Crippen LogP contribution in [0.1, 0.15) is 12.8 Å². The molecule has 11 nitrogen and oxygen atoms in total. The van der Waals surface area contributed by atoms with Crippen molar-refractivity contribution in [2.75, 3.05) is 57.1 Å². The molecule has 0 unspecified atom stereocenters. The molecule has 2 aliphatic rings. The van der Waals surface area contributed by atoms with Crippen molar-refractivity contribution in [3.05, 3.63) is 18.5 Å². The molecular formula is C19H25N7O4. The smallest absolute Gasteiger partial charge is 0.409 e. The van der Waals surface area contributed by atoms with Crippen molar-refractivity contribution >= 4 is 18.0 Å². The number of amides is 1. The van der Waals surface area contributed by atoms with Gasteiger partial charge in [-0.15, -0.1) is 0 Å². The fourth-order valence-corrected chi connectivity index (χ4v) is 3.45. The average molecular weight is 415 g/mol. The minimum atomic E-state index is -0.310. The summed E-state index contributed by atoms with van der Waals surface area (Å²) in [6, 6.07) is 1.78. The molecule has 11 heteroatoms. The lowest BCUT2D eigenvalue weighted by atomic mass is 10.1. The van der Waals surface area contributed by atoms with Crippen LogP contribution in [-0.4, -0.2) is 83.5 Å². The highest BCUT2D eigenvalue weighted by atomic mass is 16.5. The summed E-state index contributed by atoms with van der Waals surface area (Å²) < 4.78 is 16.4. The molecule has 2 saturated heterocycles. The largest absolute Gasteiger partial charge is 0.474 e. The van der Waals surface area contributed by atoms with Crippen LogP contribution in [0.4, 0.5) is 16.7 Å². The first kappa shape index (κ1) is 20.1. The fraction of sp³-hybridized carbons (Fsp3) is 0.526. The fourth-order valence-electron chi connectivity index (χ4n) is 3.45. The molecule has 4 rings (SSSR count). The number of carbonyl (C=O) groups is 1. The van der Waals surface area contributed by atoms with E-state index >= 15 is 0 Å². The zero-order chi connectivity index (χ0) is 20.9. The van der Waals surface area contributed by atoms with Crippen molar-refractivity contribution in [3.8, 4) is 17.1 Å². The Balaban J connectivity index is 1.55. The van der Waals surface area contributed by atoms with Gasteiger partial charge in [-0.25, -0.2) is 19.7 Å². The van der Waals surface area contributed by atoms with Crippen molar-refractivity contribution in [1.29, 1.82) is 0 Å². The van der Waals surface area contributed by atoms with Crippen LogP contribution >= 0.6 is 0 Å². The van der Waals surface area contributed by atoms with Crippen LogP contribution in [0.3, 0.4) is 0 Å². The van der Waals surface area contributed by atoms with E-state index in [-0.39, 0.29) is 18.1 Å². The highest BCUT2D eigenvalue weighted by Gasteiger charge is 2.25. The van der Waals surface area contributed by atoms with Gasteiger partial charge < -0.3 is 29.7 Å². The topological polar surface area (TPSA) is 129 Å². The molecule has 0 radical (unpaired) electrons. The summed E-state index contributed by atoms with van der Waals surface area (Å²) in [5.74, 6) is 1.26. The number of methoxy groups -OCH3 is 1. The third kappa shape index (κ3) is 4.67. The summed E-state index contributed by atoms with van der Waals surface area (Å²) >= 11 is 0. The summed E-state index contributed by atoms with van der Waals surface area (Å²) in [6.07, 6.45) is 4.31. The number of nitrogen functional groups attached to an aromatic ring is 1. The zero-order valence-corrected chi connectivity index (χ0v) is 16.9. The van der Waals surface area contributed by atoms with Gasteiger partial charge in [-0.3, -0.25) is 0 Å². The second-order valence-corrected chi connectivity index (χ2v) is 7.10. The quantitative estimate of drug-likeness (QED) is 0.771. The standard InChI is InChI=1S/C19H25N7O4/c1-28-19(27)26-4-2-14(3-5-26)30-16-10-15(13-11-21-17(20)22-12-13)23-18(24-16)25-6-8-29-9-7-25/h10-12,14H,2-9H2,1H3,(H2,20,21,22). The van der Waals surface area contributed by atoms with Crippen LogP contribution in [0, 0.1) is 0 Å². The Hall–Kier alpha value is -3.21. The van der Waals surface area contributed by atoms with Crippen LogP contribution in [0.25, 0.3) is 11.3 Å². The summed E-state index contributed by atoms with van der Waals surface area (Å²) in [4.78, 5) is 32.9. The number of hydrogen-bond donors (Lipinski definition) is 1. The van der Waals surface area contributed by atoms with Crippen molar-refractivity contribution in [2.24, 2.45) is 0 Å². The zero-order valence-electron chi connectivity index (χ0n) is 16.9. The van der Waals surface area contributed by atoms with Gasteiger partial charge in [0.1, 0.15) is 6.10 Å². The summed E-state index contributed by atoms with van der Waals surface area (Å²) in [6.45, 7) is 3.83. The first-order valence-corrected chi connectivity index (χ1v) is 9.91. The second kappa shape index (κ2) is 9.08. The van der Waals surface area contributed by atoms with Crippen LogP contribution in [0.5, 0.6) is 5.88 Å². The van der Waals surface area contributed by atoms with Gasteiger partial charge in [0.25, 0.3) is 0 Å². The normalized spacial score (nSPS) is 17.6. The summed E-state index contributed by atoms with van der Waals surface area (Å²) in [7, 11) is 1.39. The number of nitrogens with zero attached hydrogens (tertiary/aromatic N) is 6. The Morgan fingerprint density at radius 3 is 2.50 bits per heavy atom. The molecule has 0 atom stereocenters. The number of ether oxygens (including phenoxy) is 3. The van der Waals surface area contributed by atoms with E-state index in [1.807, 2.05) is 0 Å². The van der Waals surface area contributed by atoms with Gasteiger partial charge in [0.05, 0.1) is 26.0 Å². The van der Waals surface area contributed by atoms with Gasteiger partial charge in [0, 0.05) is 63.0 Å². The van der Waals surface area contributed by atoms with Crippen LogP contribution < -0.4 is 15.4 Å². The van der Waals surface area contributed by atoms with Gasteiger partial charge in [-0.05, 0) is 0 Å². The van der Waals surface area contributed by atoms with Gasteiger partial charge in [-0.2, -0.15) is 4.98 Å². The lowest BCUT2D eigenvalue weighted by Crippen LogP contribution is -2.41. The Morgan fingerprint density at radius 2 is 1.83 bits per heavy atom.